The van der Waals surface area contributed by atoms with Gasteiger partial charge in [-0.15, -0.1) is 0 Å². The molecule has 0 bridgehead atoms. The molecule has 1 aromatic rings. The summed E-state index contributed by atoms with van der Waals surface area (Å²) in [7, 11) is 0. The van der Waals surface area contributed by atoms with Crippen molar-refractivity contribution >= 4 is 5.97 Å². The van der Waals surface area contributed by atoms with Crippen LogP contribution in [0.3, 0.4) is 0 Å². The molecule has 0 saturated heterocycles. The minimum atomic E-state index is -5.37. The van der Waals surface area contributed by atoms with Gasteiger partial charge in [0, 0.05) is 5.56 Å². The van der Waals surface area contributed by atoms with Gasteiger partial charge in [-0.25, -0.2) is 13.6 Å². The van der Waals surface area contributed by atoms with Crippen molar-refractivity contribution in [2.24, 2.45) is 0 Å². The third-order valence-electron chi connectivity index (χ3n) is 2.53. The maximum absolute atomic E-state index is 12.8. The number of hydrogen-bond donors (Lipinski definition) is 0. The van der Waals surface area contributed by atoms with E-state index in [0.29, 0.717) is 0 Å². The zero-order valence-electron chi connectivity index (χ0n) is 8.09. The molecule has 17 heavy (non-hydrogen) atoms. The monoisotopic (exact) mass is 252 g/mol. The van der Waals surface area contributed by atoms with Crippen molar-refractivity contribution in [3.05, 3.63) is 35.4 Å². The van der Waals surface area contributed by atoms with Crippen molar-refractivity contribution in [1.82, 2.24) is 0 Å². The molecule has 0 aromatic heterocycles. The lowest BCUT2D eigenvalue weighted by molar-refractivity contribution is -0.298. The molecular formula is C10H5F5O2. The number of fused-ring (bicyclic) bond motifs is 1. The Morgan fingerprint density at radius 1 is 1.18 bits per heavy atom. The molecule has 1 unspecified atom stereocenters. The Labute approximate surface area is 92.0 Å². The minimum absolute atomic E-state index is 0.481. The van der Waals surface area contributed by atoms with Gasteiger partial charge in [0.1, 0.15) is 0 Å². The Morgan fingerprint density at radius 2 is 1.76 bits per heavy atom. The largest absolute Gasteiger partial charge is 0.438 e. The smallest absolute Gasteiger partial charge is 0.434 e. The van der Waals surface area contributed by atoms with Crippen LogP contribution >= 0.6 is 0 Å². The highest BCUT2D eigenvalue weighted by Gasteiger charge is 2.69. The average Bonchev–Trinajstić information content (AvgIpc) is 2.53. The topological polar surface area (TPSA) is 26.3 Å². The number of halogens is 5. The summed E-state index contributed by atoms with van der Waals surface area (Å²) in [6.07, 6.45) is -9.25. The lowest BCUT2D eigenvalue weighted by Crippen LogP contribution is -2.48. The first-order valence-electron chi connectivity index (χ1n) is 4.48. The Morgan fingerprint density at radius 3 is 2.29 bits per heavy atom. The Kier molecular flexibility index (Phi) is 2.37. The van der Waals surface area contributed by atoms with Crippen LogP contribution in [-0.2, 0) is 10.3 Å². The molecule has 0 aliphatic carbocycles. The number of esters is 1. The van der Waals surface area contributed by atoms with Crippen LogP contribution in [0.2, 0.25) is 0 Å². The van der Waals surface area contributed by atoms with Crippen molar-refractivity contribution in [3.63, 3.8) is 0 Å². The van der Waals surface area contributed by atoms with Gasteiger partial charge >= 0.3 is 12.1 Å². The van der Waals surface area contributed by atoms with Crippen molar-refractivity contribution in [3.8, 4) is 0 Å². The molecule has 2 rings (SSSR count). The number of rotatable bonds is 1. The molecule has 0 amide bonds. The molecule has 1 atom stereocenters. The highest BCUT2D eigenvalue weighted by molar-refractivity contribution is 5.95. The number of benzene rings is 1. The fourth-order valence-electron chi connectivity index (χ4n) is 1.74. The Bertz CT molecular complexity index is 468. The van der Waals surface area contributed by atoms with E-state index in [9.17, 15) is 26.7 Å². The van der Waals surface area contributed by atoms with E-state index in [-0.39, 0.29) is 0 Å². The molecule has 2 nitrogen and oxygen atoms in total. The van der Waals surface area contributed by atoms with Crippen LogP contribution in [-0.4, -0.2) is 18.6 Å². The second kappa shape index (κ2) is 3.41. The summed E-state index contributed by atoms with van der Waals surface area (Å²) < 4.78 is 67.7. The molecule has 0 N–H and O–H groups in total. The van der Waals surface area contributed by atoms with E-state index in [0.717, 1.165) is 18.2 Å². The second-order valence-electron chi connectivity index (χ2n) is 3.47. The second-order valence-corrected chi connectivity index (χ2v) is 3.47. The number of ether oxygens (including phenoxy) is 1. The Hall–Kier alpha value is -1.66. The van der Waals surface area contributed by atoms with Crippen LogP contribution in [0.5, 0.6) is 0 Å². The fourth-order valence-corrected chi connectivity index (χ4v) is 1.74. The number of alkyl halides is 5. The van der Waals surface area contributed by atoms with Crippen LogP contribution in [0.1, 0.15) is 15.9 Å². The summed E-state index contributed by atoms with van der Waals surface area (Å²) in [6.45, 7) is 0. The summed E-state index contributed by atoms with van der Waals surface area (Å²) in [5.41, 5.74) is -5.17. The van der Waals surface area contributed by atoms with E-state index in [1.807, 2.05) is 0 Å². The summed E-state index contributed by atoms with van der Waals surface area (Å²) >= 11 is 0. The predicted molar refractivity (Wildman–Crippen MR) is 45.6 cm³/mol. The fraction of sp³-hybridized carbons (Fsp3) is 0.300. The van der Waals surface area contributed by atoms with Gasteiger partial charge in [-0.2, -0.15) is 13.2 Å². The zero-order valence-corrected chi connectivity index (χ0v) is 8.09. The number of cyclic esters (lactones) is 1. The highest BCUT2D eigenvalue weighted by atomic mass is 19.4. The van der Waals surface area contributed by atoms with E-state index >= 15 is 0 Å². The van der Waals surface area contributed by atoms with Crippen molar-refractivity contribution in [2.45, 2.75) is 18.2 Å². The van der Waals surface area contributed by atoms with Crippen molar-refractivity contribution < 1.29 is 31.5 Å². The van der Waals surface area contributed by atoms with Crippen LogP contribution in [0.4, 0.5) is 22.0 Å². The summed E-state index contributed by atoms with van der Waals surface area (Å²) in [5.74, 6) is -1.39. The SMILES string of the molecule is O=C1OC(C(F)F)(C(F)(F)F)c2ccccc21. The molecule has 1 aliphatic rings. The first-order valence-corrected chi connectivity index (χ1v) is 4.48. The molecule has 7 heteroatoms. The molecule has 0 saturated carbocycles. The van der Waals surface area contributed by atoms with Gasteiger partial charge in [0.25, 0.3) is 12.0 Å². The summed E-state index contributed by atoms with van der Waals surface area (Å²) in [4.78, 5) is 11.2. The number of hydrogen-bond acceptors (Lipinski definition) is 2. The lowest BCUT2D eigenvalue weighted by atomic mass is 9.92. The third kappa shape index (κ3) is 1.41. The summed E-state index contributed by atoms with van der Waals surface area (Å²) in [6, 6.07) is 4.26. The van der Waals surface area contributed by atoms with E-state index < -0.39 is 35.3 Å². The van der Waals surface area contributed by atoms with Gasteiger partial charge in [-0.05, 0) is 6.07 Å². The van der Waals surface area contributed by atoms with Gasteiger partial charge in [-0.3, -0.25) is 0 Å². The Balaban J connectivity index is 2.71. The van der Waals surface area contributed by atoms with E-state index in [2.05, 4.69) is 4.74 Å². The van der Waals surface area contributed by atoms with Gasteiger partial charge in [0.2, 0.25) is 0 Å². The molecular weight excluding hydrogens is 247 g/mol. The summed E-state index contributed by atoms with van der Waals surface area (Å²) in [5, 5.41) is 0. The maximum Gasteiger partial charge on any atom is 0.438 e. The van der Waals surface area contributed by atoms with Gasteiger partial charge in [-0.1, -0.05) is 18.2 Å². The number of carbonyl (C=O) groups excluding carboxylic acids is 1. The van der Waals surface area contributed by atoms with Crippen LogP contribution < -0.4 is 0 Å². The highest BCUT2D eigenvalue weighted by Crippen LogP contribution is 2.51. The maximum atomic E-state index is 12.8. The van der Waals surface area contributed by atoms with Crippen molar-refractivity contribution in [1.29, 1.82) is 0 Å². The van der Waals surface area contributed by atoms with Gasteiger partial charge in [0.15, 0.2) is 0 Å². The lowest BCUT2D eigenvalue weighted by Gasteiger charge is -2.29. The molecule has 1 heterocycles. The third-order valence-corrected chi connectivity index (χ3v) is 2.53. The van der Waals surface area contributed by atoms with Crippen LogP contribution in [0, 0.1) is 0 Å². The first-order chi connectivity index (χ1) is 7.80. The first kappa shape index (κ1) is 11.8. The molecule has 92 valence electrons. The predicted octanol–water partition coefficient (Wildman–Crippen LogP) is 2.88. The van der Waals surface area contributed by atoms with Crippen LogP contribution in [0.15, 0.2) is 24.3 Å². The molecule has 0 fully saturated rings. The standard InChI is InChI=1S/C10H5F5O2/c11-8(12)9(10(13,14)15)6-4-2-1-3-5(6)7(16)17-9/h1-4,8H. The van der Waals surface area contributed by atoms with Gasteiger partial charge in [0.05, 0.1) is 5.56 Å². The molecule has 0 radical (unpaired) electrons. The van der Waals surface area contributed by atoms with E-state index in [1.54, 1.807) is 0 Å². The van der Waals surface area contributed by atoms with E-state index in [1.165, 1.54) is 6.07 Å². The average molecular weight is 252 g/mol. The molecule has 0 spiro atoms. The van der Waals surface area contributed by atoms with E-state index in [4.69, 9.17) is 0 Å². The quantitative estimate of drug-likeness (QED) is 0.567. The molecule has 1 aliphatic heterocycles. The minimum Gasteiger partial charge on any atom is -0.434 e. The van der Waals surface area contributed by atoms with Gasteiger partial charge < -0.3 is 4.74 Å². The number of carbonyl (C=O) groups is 1. The normalized spacial score (nSPS) is 23.8. The molecule has 1 aromatic carbocycles. The van der Waals surface area contributed by atoms with Crippen LogP contribution in [0.25, 0.3) is 0 Å². The zero-order chi connectivity index (χ0) is 12.8. The van der Waals surface area contributed by atoms with Crippen molar-refractivity contribution in [2.75, 3.05) is 0 Å².